The summed E-state index contributed by atoms with van der Waals surface area (Å²) in [5, 5.41) is 3.84. The molecule has 1 amide bonds. The molecule has 0 aliphatic carbocycles. The average molecular weight is 314 g/mol. The number of anilines is 1. The SMILES string of the molecule is Cc1noc(C2CCN(C(=O)CCc3ccccc3N)CC2)n1. The lowest BCUT2D eigenvalue weighted by Gasteiger charge is -2.30. The standard InChI is InChI=1S/C17H22N4O2/c1-12-19-17(23-20-12)14-8-10-21(11-9-14)16(22)7-6-13-4-2-3-5-15(13)18/h2-5,14H,6-11,18H2,1H3. The zero-order valence-electron chi connectivity index (χ0n) is 13.4. The summed E-state index contributed by atoms with van der Waals surface area (Å²) in [4.78, 5) is 18.6. The molecule has 6 nitrogen and oxygen atoms in total. The molecule has 1 saturated heterocycles. The van der Waals surface area contributed by atoms with Gasteiger partial charge in [-0.1, -0.05) is 23.4 Å². The van der Waals surface area contributed by atoms with Crippen molar-refractivity contribution in [1.82, 2.24) is 15.0 Å². The summed E-state index contributed by atoms with van der Waals surface area (Å²) in [6, 6.07) is 7.71. The van der Waals surface area contributed by atoms with Crippen molar-refractivity contribution >= 4 is 11.6 Å². The summed E-state index contributed by atoms with van der Waals surface area (Å²) in [7, 11) is 0. The second-order valence-electron chi connectivity index (χ2n) is 6.03. The molecule has 1 aromatic heterocycles. The van der Waals surface area contributed by atoms with Crippen molar-refractivity contribution in [2.45, 2.75) is 38.5 Å². The molecular weight excluding hydrogens is 292 g/mol. The number of aromatic nitrogens is 2. The lowest BCUT2D eigenvalue weighted by atomic mass is 9.96. The summed E-state index contributed by atoms with van der Waals surface area (Å²) in [5.74, 6) is 1.82. The number of hydrogen-bond donors (Lipinski definition) is 1. The number of nitrogens with two attached hydrogens (primary N) is 1. The van der Waals surface area contributed by atoms with E-state index < -0.39 is 0 Å². The van der Waals surface area contributed by atoms with E-state index in [-0.39, 0.29) is 11.8 Å². The Labute approximate surface area is 135 Å². The maximum absolute atomic E-state index is 12.4. The van der Waals surface area contributed by atoms with Gasteiger partial charge in [0, 0.05) is 31.1 Å². The van der Waals surface area contributed by atoms with E-state index in [0.29, 0.717) is 24.6 Å². The highest BCUT2D eigenvalue weighted by molar-refractivity contribution is 5.76. The van der Waals surface area contributed by atoms with E-state index >= 15 is 0 Å². The van der Waals surface area contributed by atoms with E-state index in [0.717, 1.165) is 37.2 Å². The van der Waals surface area contributed by atoms with Gasteiger partial charge in [-0.2, -0.15) is 4.98 Å². The van der Waals surface area contributed by atoms with Crippen molar-refractivity contribution in [1.29, 1.82) is 0 Å². The van der Waals surface area contributed by atoms with E-state index in [2.05, 4.69) is 10.1 Å². The van der Waals surface area contributed by atoms with Gasteiger partial charge in [0.2, 0.25) is 11.8 Å². The molecule has 2 aromatic rings. The van der Waals surface area contributed by atoms with E-state index in [1.54, 1.807) is 0 Å². The first kappa shape index (κ1) is 15.5. The number of carbonyl (C=O) groups excluding carboxylic acids is 1. The minimum atomic E-state index is 0.188. The second kappa shape index (κ2) is 6.81. The maximum Gasteiger partial charge on any atom is 0.229 e. The van der Waals surface area contributed by atoms with Crippen molar-refractivity contribution in [2.75, 3.05) is 18.8 Å². The van der Waals surface area contributed by atoms with E-state index in [1.807, 2.05) is 36.1 Å². The van der Waals surface area contributed by atoms with Gasteiger partial charge in [-0.15, -0.1) is 0 Å². The summed E-state index contributed by atoms with van der Waals surface area (Å²) in [6.07, 6.45) is 2.94. The summed E-state index contributed by atoms with van der Waals surface area (Å²) in [6.45, 7) is 3.31. The third-order valence-electron chi connectivity index (χ3n) is 4.40. The quantitative estimate of drug-likeness (QED) is 0.875. The van der Waals surface area contributed by atoms with Crippen molar-refractivity contribution in [3.05, 3.63) is 41.5 Å². The highest BCUT2D eigenvalue weighted by Gasteiger charge is 2.26. The molecule has 1 fully saturated rings. The van der Waals surface area contributed by atoms with Crippen LogP contribution in [-0.2, 0) is 11.2 Å². The number of benzene rings is 1. The fourth-order valence-corrected chi connectivity index (χ4v) is 3.02. The van der Waals surface area contributed by atoms with E-state index in [9.17, 15) is 4.79 Å². The highest BCUT2D eigenvalue weighted by atomic mass is 16.5. The molecule has 0 atom stereocenters. The molecule has 3 rings (SSSR count). The maximum atomic E-state index is 12.4. The molecule has 2 N–H and O–H groups in total. The topological polar surface area (TPSA) is 85.2 Å². The van der Waals surface area contributed by atoms with Crippen molar-refractivity contribution < 1.29 is 9.32 Å². The number of piperidine rings is 1. The van der Waals surface area contributed by atoms with Gasteiger partial charge < -0.3 is 15.2 Å². The lowest BCUT2D eigenvalue weighted by Crippen LogP contribution is -2.38. The van der Waals surface area contributed by atoms with Crippen LogP contribution in [-0.4, -0.2) is 34.0 Å². The Bertz CT molecular complexity index is 675. The first-order chi connectivity index (χ1) is 11.1. The minimum Gasteiger partial charge on any atom is -0.399 e. The largest absolute Gasteiger partial charge is 0.399 e. The summed E-state index contributed by atoms with van der Waals surface area (Å²) < 4.78 is 5.24. The number of carbonyl (C=O) groups is 1. The monoisotopic (exact) mass is 314 g/mol. The second-order valence-corrected chi connectivity index (χ2v) is 6.03. The van der Waals surface area contributed by atoms with Crippen molar-refractivity contribution in [3.8, 4) is 0 Å². The minimum absolute atomic E-state index is 0.188. The molecule has 2 heterocycles. The van der Waals surface area contributed by atoms with Crippen LogP contribution in [0.1, 0.15) is 42.5 Å². The van der Waals surface area contributed by atoms with Gasteiger partial charge in [0.15, 0.2) is 5.82 Å². The number of nitrogens with zero attached hydrogens (tertiary/aromatic N) is 3. The molecule has 122 valence electrons. The van der Waals surface area contributed by atoms with Gasteiger partial charge in [-0.3, -0.25) is 4.79 Å². The average Bonchev–Trinajstić information content (AvgIpc) is 3.00. The molecule has 6 heteroatoms. The summed E-state index contributed by atoms with van der Waals surface area (Å²) in [5.41, 5.74) is 7.72. The van der Waals surface area contributed by atoms with E-state index in [1.165, 1.54) is 0 Å². The Morgan fingerprint density at radius 2 is 2.09 bits per heavy atom. The number of likely N-dealkylation sites (tertiary alicyclic amines) is 1. The zero-order valence-corrected chi connectivity index (χ0v) is 13.4. The van der Waals surface area contributed by atoms with Crippen LogP contribution >= 0.6 is 0 Å². The van der Waals surface area contributed by atoms with Crippen LogP contribution in [0, 0.1) is 6.92 Å². The van der Waals surface area contributed by atoms with Gasteiger partial charge in [0.25, 0.3) is 0 Å². The Morgan fingerprint density at radius 3 is 2.74 bits per heavy atom. The van der Waals surface area contributed by atoms with Crippen LogP contribution in [0.3, 0.4) is 0 Å². The van der Waals surface area contributed by atoms with Crippen LogP contribution in [0.25, 0.3) is 0 Å². The summed E-state index contributed by atoms with van der Waals surface area (Å²) >= 11 is 0. The molecule has 1 aliphatic rings. The van der Waals surface area contributed by atoms with Crippen molar-refractivity contribution in [3.63, 3.8) is 0 Å². The van der Waals surface area contributed by atoms with Crippen LogP contribution in [0.5, 0.6) is 0 Å². The number of nitrogen functional groups attached to an aromatic ring is 1. The van der Waals surface area contributed by atoms with Gasteiger partial charge in [-0.25, -0.2) is 0 Å². The molecule has 1 aliphatic heterocycles. The number of aryl methyl sites for hydroxylation is 2. The zero-order chi connectivity index (χ0) is 16.2. The fourth-order valence-electron chi connectivity index (χ4n) is 3.02. The first-order valence-electron chi connectivity index (χ1n) is 8.05. The Hall–Kier alpha value is -2.37. The smallest absolute Gasteiger partial charge is 0.229 e. The molecule has 0 bridgehead atoms. The molecular formula is C17H22N4O2. The first-order valence-corrected chi connectivity index (χ1v) is 8.05. The third-order valence-corrected chi connectivity index (χ3v) is 4.40. The molecule has 0 spiro atoms. The predicted molar refractivity (Wildman–Crippen MR) is 86.8 cm³/mol. The van der Waals surface area contributed by atoms with Crippen molar-refractivity contribution in [2.24, 2.45) is 0 Å². The number of hydrogen-bond acceptors (Lipinski definition) is 5. The molecule has 0 saturated carbocycles. The van der Waals surface area contributed by atoms with Crippen LogP contribution in [0.4, 0.5) is 5.69 Å². The van der Waals surface area contributed by atoms with Crippen LogP contribution in [0.2, 0.25) is 0 Å². The molecule has 0 unspecified atom stereocenters. The Kier molecular flexibility index (Phi) is 4.60. The Morgan fingerprint density at radius 1 is 1.35 bits per heavy atom. The predicted octanol–water partition coefficient (Wildman–Crippen LogP) is 2.30. The normalized spacial score (nSPS) is 15.8. The lowest BCUT2D eigenvalue weighted by molar-refractivity contribution is -0.132. The molecule has 1 aromatic carbocycles. The highest BCUT2D eigenvalue weighted by Crippen LogP contribution is 2.27. The molecule has 23 heavy (non-hydrogen) atoms. The number of para-hydroxylation sites is 1. The van der Waals surface area contributed by atoms with Crippen LogP contribution < -0.4 is 5.73 Å². The van der Waals surface area contributed by atoms with Gasteiger partial charge in [-0.05, 0) is 37.8 Å². The fraction of sp³-hybridized carbons (Fsp3) is 0.471. The molecule has 0 radical (unpaired) electrons. The van der Waals surface area contributed by atoms with Gasteiger partial charge in [0.1, 0.15) is 0 Å². The Balaban J connectivity index is 1.49. The van der Waals surface area contributed by atoms with E-state index in [4.69, 9.17) is 10.3 Å². The number of rotatable bonds is 4. The van der Waals surface area contributed by atoms with Gasteiger partial charge in [0.05, 0.1) is 0 Å². The third kappa shape index (κ3) is 3.70. The van der Waals surface area contributed by atoms with Crippen LogP contribution in [0.15, 0.2) is 28.8 Å². The number of amides is 1. The van der Waals surface area contributed by atoms with Gasteiger partial charge >= 0.3 is 0 Å².